The summed E-state index contributed by atoms with van der Waals surface area (Å²) >= 11 is 5.82. The topological polar surface area (TPSA) is 59.9 Å². The van der Waals surface area contributed by atoms with Gasteiger partial charge in [0.1, 0.15) is 17.7 Å². The average Bonchev–Trinajstić information content (AvgIpc) is 2.52. The molecule has 0 unspecified atom stereocenters. The number of carbonyl (C=O) groups excluding carboxylic acids is 1. The molecule has 5 nitrogen and oxygen atoms in total. The van der Waals surface area contributed by atoms with Crippen molar-refractivity contribution in [2.75, 3.05) is 12.0 Å². The van der Waals surface area contributed by atoms with E-state index in [1.54, 1.807) is 55.5 Å². The molecule has 22 heavy (non-hydrogen) atoms. The average molecular weight is 319 g/mol. The number of nitrogens with zero attached hydrogens (tertiary/aromatic N) is 1. The van der Waals surface area contributed by atoms with Gasteiger partial charge in [-0.15, -0.1) is 0 Å². The van der Waals surface area contributed by atoms with Gasteiger partial charge in [-0.25, -0.2) is 4.79 Å². The molecular formula is C16H15ClN2O3. The van der Waals surface area contributed by atoms with Gasteiger partial charge in [0.25, 0.3) is 0 Å². The third-order valence-electron chi connectivity index (χ3n) is 2.55. The lowest BCUT2D eigenvalue weighted by molar-refractivity contribution is -0.134. The molecule has 2 aromatic carbocycles. The monoisotopic (exact) mass is 318 g/mol. The van der Waals surface area contributed by atoms with Crippen molar-refractivity contribution in [2.45, 2.75) is 6.92 Å². The fourth-order valence-corrected chi connectivity index (χ4v) is 1.70. The van der Waals surface area contributed by atoms with Gasteiger partial charge in [-0.3, -0.25) is 5.43 Å². The van der Waals surface area contributed by atoms with Gasteiger partial charge in [0.05, 0.1) is 12.3 Å². The SMILES string of the molecule is CCOC(=O)/C=N/Nc1ccc(Oc2ccc(Cl)cc2)cc1. The Morgan fingerprint density at radius 2 is 1.73 bits per heavy atom. The van der Waals surface area contributed by atoms with E-state index < -0.39 is 5.97 Å². The number of benzene rings is 2. The Morgan fingerprint density at radius 1 is 1.14 bits per heavy atom. The molecule has 0 spiro atoms. The molecule has 0 fully saturated rings. The van der Waals surface area contributed by atoms with Crippen molar-refractivity contribution in [1.29, 1.82) is 0 Å². The first-order valence-corrected chi connectivity index (χ1v) is 7.04. The number of esters is 1. The van der Waals surface area contributed by atoms with E-state index in [-0.39, 0.29) is 0 Å². The van der Waals surface area contributed by atoms with Crippen molar-refractivity contribution in [3.63, 3.8) is 0 Å². The highest BCUT2D eigenvalue weighted by atomic mass is 35.5. The first kappa shape index (κ1) is 15.9. The number of rotatable bonds is 6. The molecule has 0 saturated heterocycles. The number of hydrogen-bond donors (Lipinski definition) is 1. The molecule has 0 bridgehead atoms. The minimum atomic E-state index is -0.488. The quantitative estimate of drug-likeness (QED) is 0.495. The van der Waals surface area contributed by atoms with E-state index >= 15 is 0 Å². The van der Waals surface area contributed by atoms with Crippen LogP contribution in [-0.4, -0.2) is 18.8 Å². The number of nitrogens with one attached hydrogen (secondary N) is 1. The predicted molar refractivity (Wildman–Crippen MR) is 86.7 cm³/mol. The normalized spacial score (nSPS) is 10.5. The maximum Gasteiger partial charge on any atom is 0.351 e. The Labute approximate surface area is 133 Å². The predicted octanol–water partition coefficient (Wildman–Crippen LogP) is 4.09. The highest BCUT2D eigenvalue weighted by Gasteiger charge is 1.98. The molecular weight excluding hydrogens is 304 g/mol. The third-order valence-corrected chi connectivity index (χ3v) is 2.81. The third kappa shape index (κ3) is 5.10. The molecule has 0 aliphatic rings. The van der Waals surface area contributed by atoms with E-state index in [1.165, 1.54) is 0 Å². The lowest BCUT2D eigenvalue weighted by atomic mass is 10.3. The van der Waals surface area contributed by atoms with Crippen molar-refractivity contribution in [3.05, 3.63) is 53.6 Å². The van der Waals surface area contributed by atoms with E-state index in [0.29, 0.717) is 23.1 Å². The summed E-state index contributed by atoms with van der Waals surface area (Å²) < 4.78 is 10.4. The second-order valence-corrected chi connectivity index (χ2v) is 4.64. The van der Waals surface area contributed by atoms with Gasteiger partial charge in [-0.1, -0.05) is 11.6 Å². The fraction of sp³-hybridized carbons (Fsp3) is 0.125. The number of carbonyl (C=O) groups is 1. The van der Waals surface area contributed by atoms with Crippen LogP contribution in [0.2, 0.25) is 5.02 Å². The Hall–Kier alpha value is -2.53. The number of hydrogen-bond acceptors (Lipinski definition) is 5. The second kappa shape index (κ2) is 8.05. The summed E-state index contributed by atoms with van der Waals surface area (Å²) in [6.07, 6.45) is 1.08. The van der Waals surface area contributed by atoms with Gasteiger partial charge >= 0.3 is 5.97 Å². The minimum absolute atomic E-state index is 0.321. The van der Waals surface area contributed by atoms with Crippen LogP contribution in [0, 0.1) is 0 Å². The summed E-state index contributed by atoms with van der Waals surface area (Å²) in [4.78, 5) is 11.1. The van der Waals surface area contributed by atoms with Crippen LogP contribution >= 0.6 is 11.6 Å². The smallest absolute Gasteiger partial charge is 0.351 e. The maximum absolute atomic E-state index is 11.1. The zero-order valence-corrected chi connectivity index (χ0v) is 12.7. The Morgan fingerprint density at radius 3 is 2.32 bits per heavy atom. The largest absolute Gasteiger partial charge is 0.462 e. The van der Waals surface area contributed by atoms with Crippen molar-refractivity contribution >= 4 is 29.5 Å². The number of ether oxygens (including phenoxy) is 2. The molecule has 2 rings (SSSR count). The van der Waals surface area contributed by atoms with E-state index in [2.05, 4.69) is 10.5 Å². The Kier molecular flexibility index (Phi) is 5.80. The minimum Gasteiger partial charge on any atom is -0.462 e. The molecule has 0 amide bonds. The molecule has 0 saturated carbocycles. The van der Waals surface area contributed by atoms with Gasteiger partial charge in [-0.2, -0.15) is 5.10 Å². The van der Waals surface area contributed by atoms with Crippen LogP contribution in [0.3, 0.4) is 0 Å². The maximum atomic E-state index is 11.1. The van der Waals surface area contributed by atoms with Crippen LogP contribution in [0.15, 0.2) is 53.6 Å². The van der Waals surface area contributed by atoms with Crippen LogP contribution in [0.5, 0.6) is 11.5 Å². The van der Waals surface area contributed by atoms with Gasteiger partial charge in [0, 0.05) is 5.02 Å². The molecule has 1 N–H and O–H groups in total. The Bertz CT molecular complexity index is 639. The lowest BCUT2D eigenvalue weighted by Gasteiger charge is -2.06. The summed E-state index contributed by atoms with van der Waals surface area (Å²) in [5, 5.41) is 4.44. The van der Waals surface area contributed by atoms with E-state index in [9.17, 15) is 4.79 Å². The van der Waals surface area contributed by atoms with Gasteiger partial charge in [-0.05, 0) is 55.5 Å². The summed E-state index contributed by atoms with van der Waals surface area (Å²) in [6.45, 7) is 2.06. The summed E-state index contributed by atoms with van der Waals surface area (Å²) in [6, 6.07) is 14.2. The molecule has 0 aliphatic heterocycles. The Balaban J connectivity index is 1.90. The first-order valence-electron chi connectivity index (χ1n) is 6.66. The number of hydrazone groups is 1. The van der Waals surface area contributed by atoms with E-state index in [4.69, 9.17) is 21.1 Å². The van der Waals surface area contributed by atoms with Crippen molar-refractivity contribution < 1.29 is 14.3 Å². The van der Waals surface area contributed by atoms with E-state index in [1.807, 2.05) is 0 Å². The van der Waals surface area contributed by atoms with Gasteiger partial charge < -0.3 is 9.47 Å². The first-order chi connectivity index (χ1) is 10.7. The molecule has 0 atom stereocenters. The molecule has 0 radical (unpaired) electrons. The summed E-state index contributed by atoms with van der Waals surface area (Å²) in [7, 11) is 0. The molecule has 2 aromatic rings. The molecule has 114 valence electrons. The van der Waals surface area contributed by atoms with Crippen LogP contribution in [-0.2, 0) is 9.53 Å². The highest BCUT2D eigenvalue weighted by Crippen LogP contribution is 2.24. The van der Waals surface area contributed by atoms with Crippen molar-refractivity contribution in [3.8, 4) is 11.5 Å². The molecule has 0 aromatic heterocycles. The molecule has 6 heteroatoms. The molecule has 0 heterocycles. The standard InChI is InChI=1S/C16H15ClN2O3/c1-2-21-16(20)11-18-19-13-5-9-15(10-6-13)22-14-7-3-12(17)4-8-14/h3-11,19H,2H2,1H3/b18-11+. The second-order valence-electron chi connectivity index (χ2n) is 4.20. The van der Waals surface area contributed by atoms with Crippen molar-refractivity contribution in [1.82, 2.24) is 0 Å². The van der Waals surface area contributed by atoms with E-state index in [0.717, 1.165) is 11.9 Å². The fourth-order valence-electron chi connectivity index (χ4n) is 1.58. The van der Waals surface area contributed by atoms with Crippen LogP contribution in [0.1, 0.15) is 6.92 Å². The molecule has 0 aliphatic carbocycles. The summed E-state index contributed by atoms with van der Waals surface area (Å²) in [5.74, 6) is 0.894. The van der Waals surface area contributed by atoms with Gasteiger partial charge in [0.15, 0.2) is 0 Å². The highest BCUT2D eigenvalue weighted by molar-refractivity contribution is 6.30. The lowest BCUT2D eigenvalue weighted by Crippen LogP contribution is -2.06. The zero-order valence-electron chi connectivity index (χ0n) is 12.0. The van der Waals surface area contributed by atoms with Crippen molar-refractivity contribution in [2.24, 2.45) is 5.10 Å². The summed E-state index contributed by atoms with van der Waals surface area (Å²) in [5.41, 5.74) is 3.45. The zero-order chi connectivity index (χ0) is 15.8. The number of anilines is 1. The number of halogens is 1. The van der Waals surface area contributed by atoms with Crippen LogP contribution in [0.4, 0.5) is 5.69 Å². The van der Waals surface area contributed by atoms with Crippen LogP contribution in [0.25, 0.3) is 0 Å². The van der Waals surface area contributed by atoms with Crippen LogP contribution < -0.4 is 10.2 Å². The van der Waals surface area contributed by atoms with Gasteiger partial charge in [0.2, 0.25) is 0 Å².